The van der Waals surface area contributed by atoms with Gasteiger partial charge < -0.3 is 14.5 Å². The fraction of sp³-hybridized carbons (Fsp3) is 0.118. The van der Waals surface area contributed by atoms with E-state index in [-0.39, 0.29) is 12.1 Å². The number of ether oxygens (including phenoxy) is 1. The topological polar surface area (TPSA) is 81.4 Å². The van der Waals surface area contributed by atoms with Gasteiger partial charge in [0.1, 0.15) is 16.9 Å². The molecule has 0 saturated carbocycles. The first-order chi connectivity index (χ1) is 11.2. The number of benzene rings is 1. The number of nitrogens with zero attached hydrogens (tertiary/aromatic N) is 1. The number of nitrogens with one attached hydrogen (secondary N) is 1. The molecule has 116 valence electrons. The molecule has 0 atom stereocenters. The summed E-state index contributed by atoms with van der Waals surface area (Å²) in [6.45, 7) is 0.236. The van der Waals surface area contributed by atoms with Crippen LogP contribution in [0, 0.1) is 0 Å². The smallest absolute Gasteiger partial charge is 0.349 e. The van der Waals surface area contributed by atoms with Crippen LogP contribution >= 0.6 is 0 Å². The predicted molar refractivity (Wildman–Crippen MR) is 84.4 cm³/mol. The zero-order valence-electron chi connectivity index (χ0n) is 12.4. The summed E-state index contributed by atoms with van der Waals surface area (Å²) in [5, 5.41) is 3.30. The Kier molecular flexibility index (Phi) is 4.05. The molecule has 1 amide bonds. The second kappa shape index (κ2) is 6.31. The maximum absolute atomic E-state index is 12.2. The molecule has 0 aliphatic carbocycles. The van der Waals surface area contributed by atoms with Crippen LogP contribution in [0.25, 0.3) is 11.0 Å². The molecular formula is C17H14N2O4. The van der Waals surface area contributed by atoms with Crippen molar-refractivity contribution in [3.05, 3.63) is 70.3 Å². The van der Waals surface area contributed by atoms with Crippen molar-refractivity contribution >= 4 is 16.9 Å². The second-order valence-corrected chi connectivity index (χ2v) is 4.86. The molecule has 2 heterocycles. The Morgan fingerprint density at radius 1 is 1.26 bits per heavy atom. The van der Waals surface area contributed by atoms with E-state index in [2.05, 4.69) is 10.3 Å². The van der Waals surface area contributed by atoms with Crippen molar-refractivity contribution < 1.29 is 13.9 Å². The molecule has 1 aromatic carbocycles. The van der Waals surface area contributed by atoms with Crippen molar-refractivity contribution in [2.24, 2.45) is 0 Å². The van der Waals surface area contributed by atoms with Gasteiger partial charge in [0.2, 0.25) is 0 Å². The van der Waals surface area contributed by atoms with Crippen LogP contribution in [-0.4, -0.2) is 18.0 Å². The van der Waals surface area contributed by atoms with Crippen LogP contribution in [0.5, 0.6) is 5.75 Å². The largest absolute Gasteiger partial charge is 0.497 e. The molecule has 0 radical (unpaired) electrons. The van der Waals surface area contributed by atoms with Crippen LogP contribution in [0.1, 0.15) is 16.1 Å². The predicted octanol–water partition coefficient (Wildman–Crippen LogP) is 2.13. The molecule has 1 N–H and O–H groups in total. The maximum Gasteiger partial charge on any atom is 0.349 e. The van der Waals surface area contributed by atoms with Crippen LogP contribution in [0.3, 0.4) is 0 Å². The van der Waals surface area contributed by atoms with E-state index >= 15 is 0 Å². The Balaban J connectivity index is 1.85. The highest BCUT2D eigenvalue weighted by Gasteiger charge is 2.14. The molecule has 6 heteroatoms. The van der Waals surface area contributed by atoms with E-state index in [1.807, 2.05) is 6.07 Å². The fourth-order valence-electron chi connectivity index (χ4n) is 2.15. The highest BCUT2D eigenvalue weighted by molar-refractivity contribution is 5.96. The van der Waals surface area contributed by atoms with Gasteiger partial charge in [0.05, 0.1) is 19.3 Å². The normalized spacial score (nSPS) is 10.5. The van der Waals surface area contributed by atoms with Gasteiger partial charge in [-0.2, -0.15) is 0 Å². The molecule has 0 aliphatic heterocycles. The van der Waals surface area contributed by atoms with Gasteiger partial charge in [-0.05, 0) is 30.3 Å². The standard InChI is InChI=1S/C17H14N2O4/c1-22-13-6-5-11-8-14(17(21)23-15(11)9-13)16(20)19-10-12-4-2-3-7-18-12/h2-9H,10H2,1H3,(H,19,20). The van der Waals surface area contributed by atoms with E-state index in [1.54, 1.807) is 36.5 Å². The van der Waals surface area contributed by atoms with E-state index in [1.165, 1.54) is 13.2 Å². The van der Waals surface area contributed by atoms with Gasteiger partial charge in [0.15, 0.2) is 0 Å². The first-order valence-electron chi connectivity index (χ1n) is 6.97. The molecule has 0 spiro atoms. The van der Waals surface area contributed by atoms with Crippen LogP contribution in [0.15, 0.2) is 57.9 Å². The number of carbonyl (C=O) groups excluding carboxylic acids is 1. The van der Waals surface area contributed by atoms with Gasteiger partial charge in [-0.3, -0.25) is 9.78 Å². The number of fused-ring (bicyclic) bond motifs is 1. The van der Waals surface area contributed by atoms with Crippen LogP contribution in [0.4, 0.5) is 0 Å². The Morgan fingerprint density at radius 2 is 2.13 bits per heavy atom. The number of aromatic nitrogens is 1. The van der Waals surface area contributed by atoms with Crippen LogP contribution < -0.4 is 15.7 Å². The van der Waals surface area contributed by atoms with Gasteiger partial charge in [0, 0.05) is 17.6 Å². The molecule has 6 nitrogen and oxygen atoms in total. The lowest BCUT2D eigenvalue weighted by Gasteiger charge is -2.05. The van der Waals surface area contributed by atoms with E-state index in [0.29, 0.717) is 22.4 Å². The molecule has 3 aromatic rings. The summed E-state index contributed by atoms with van der Waals surface area (Å²) in [5.74, 6) is 0.0788. The fourth-order valence-corrected chi connectivity index (χ4v) is 2.15. The van der Waals surface area contributed by atoms with Gasteiger partial charge in [-0.1, -0.05) is 6.07 Å². The summed E-state index contributed by atoms with van der Waals surface area (Å²) < 4.78 is 10.3. The highest BCUT2D eigenvalue weighted by Crippen LogP contribution is 2.20. The van der Waals surface area contributed by atoms with Crippen molar-refractivity contribution in [3.8, 4) is 5.75 Å². The average molecular weight is 310 g/mol. The zero-order valence-corrected chi connectivity index (χ0v) is 12.4. The lowest BCUT2D eigenvalue weighted by Crippen LogP contribution is -2.28. The first kappa shape index (κ1) is 14.8. The number of amides is 1. The van der Waals surface area contributed by atoms with Gasteiger partial charge >= 0.3 is 5.63 Å². The summed E-state index contributed by atoms with van der Waals surface area (Å²) in [4.78, 5) is 28.3. The van der Waals surface area contributed by atoms with E-state index in [9.17, 15) is 9.59 Å². The lowest BCUT2D eigenvalue weighted by molar-refractivity contribution is 0.0947. The molecule has 23 heavy (non-hydrogen) atoms. The van der Waals surface area contributed by atoms with Gasteiger partial charge in [-0.25, -0.2) is 4.79 Å². The average Bonchev–Trinajstić information content (AvgIpc) is 2.59. The minimum Gasteiger partial charge on any atom is -0.497 e. The number of carbonyl (C=O) groups is 1. The second-order valence-electron chi connectivity index (χ2n) is 4.86. The number of hydrogen-bond acceptors (Lipinski definition) is 5. The minimum absolute atomic E-state index is 0.0430. The molecule has 3 rings (SSSR count). The monoisotopic (exact) mass is 310 g/mol. The molecule has 0 bridgehead atoms. The highest BCUT2D eigenvalue weighted by atomic mass is 16.5. The first-order valence-corrected chi connectivity index (χ1v) is 6.97. The van der Waals surface area contributed by atoms with Crippen molar-refractivity contribution in [3.63, 3.8) is 0 Å². The van der Waals surface area contributed by atoms with Crippen molar-refractivity contribution in [2.75, 3.05) is 7.11 Å². The number of rotatable bonds is 4. The third-order valence-electron chi connectivity index (χ3n) is 3.34. The molecule has 0 aliphatic rings. The maximum atomic E-state index is 12.2. The Hall–Kier alpha value is -3.15. The molecule has 0 unspecified atom stereocenters. The van der Waals surface area contributed by atoms with Crippen LogP contribution in [-0.2, 0) is 6.54 Å². The Labute approximate surface area is 131 Å². The zero-order chi connectivity index (χ0) is 16.2. The van der Waals surface area contributed by atoms with Crippen LogP contribution in [0.2, 0.25) is 0 Å². The SMILES string of the molecule is COc1ccc2cc(C(=O)NCc3ccccn3)c(=O)oc2c1. The van der Waals surface area contributed by atoms with Gasteiger partial charge in [0.25, 0.3) is 5.91 Å². The third kappa shape index (κ3) is 3.21. The van der Waals surface area contributed by atoms with Gasteiger partial charge in [-0.15, -0.1) is 0 Å². The Morgan fingerprint density at radius 3 is 2.87 bits per heavy atom. The van der Waals surface area contributed by atoms with E-state index in [4.69, 9.17) is 9.15 Å². The lowest BCUT2D eigenvalue weighted by atomic mass is 10.1. The molecule has 2 aromatic heterocycles. The summed E-state index contributed by atoms with van der Waals surface area (Å²) in [6.07, 6.45) is 1.64. The molecule has 0 fully saturated rings. The molecular weight excluding hydrogens is 296 g/mol. The number of pyridine rings is 1. The van der Waals surface area contributed by atoms with Crippen molar-refractivity contribution in [2.45, 2.75) is 6.54 Å². The third-order valence-corrected chi connectivity index (χ3v) is 3.34. The summed E-state index contributed by atoms with van der Waals surface area (Å²) >= 11 is 0. The van der Waals surface area contributed by atoms with E-state index < -0.39 is 11.5 Å². The molecule has 0 saturated heterocycles. The number of hydrogen-bond donors (Lipinski definition) is 1. The Bertz CT molecular complexity index is 903. The summed E-state index contributed by atoms with van der Waals surface area (Å²) in [7, 11) is 1.53. The van der Waals surface area contributed by atoms with Crippen molar-refractivity contribution in [1.29, 1.82) is 0 Å². The summed E-state index contributed by atoms with van der Waals surface area (Å²) in [5.41, 5.74) is 0.342. The quantitative estimate of drug-likeness (QED) is 0.747. The summed E-state index contributed by atoms with van der Waals surface area (Å²) in [6, 6.07) is 12.0. The minimum atomic E-state index is -0.690. The van der Waals surface area contributed by atoms with Crippen molar-refractivity contribution in [1.82, 2.24) is 10.3 Å². The number of methoxy groups -OCH3 is 1. The van der Waals surface area contributed by atoms with E-state index in [0.717, 1.165) is 0 Å².